The van der Waals surface area contributed by atoms with Crippen LogP contribution in [0.3, 0.4) is 0 Å². The Labute approximate surface area is 184 Å². The zero-order valence-corrected chi connectivity index (χ0v) is 18.5. The Hall–Kier alpha value is -2.91. The van der Waals surface area contributed by atoms with Crippen molar-refractivity contribution in [1.29, 1.82) is 0 Å². The van der Waals surface area contributed by atoms with E-state index in [1.807, 2.05) is 20.8 Å². The number of carbonyl (C=O) groups excluding carboxylic acids is 1. The summed E-state index contributed by atoms with van der Waals surface area (Å²) in [6, 6.07) is 2.77. The van der Waals surface area contributed by atoms with E-state index in [-0.39, 0.29) is 17.1 Å². The molecule has 0 aromatic carbocycles. The summed E-state index contributed by atoms with van der Waals surface area (Å²) in [6.45, 7) is 8.98. The summed E-state index contributed by atoms with van der Waals surface area (Å²) < 4.78 is 41.0. The van der Waals surface area contributed by atoms with Crippen LogP contribution in [0.25, 0.3) is 0 Å². The van der Waals surface area contributed by atoms with Gasteiger partial charge < -0.3 is 15.0 Å². The zero-order chi connectivity index (χ0) is 23.3. The van der Waals surface area contributed by atoms with Crippen molar-refractivity contribution in [2.24, 2.45) is 11.3 Å². The maximum Gasteiger partial charge on any atom is 0.573 e. The Kier molecular flexibility index (Phi) is 5.50. The predicted molar refractivity (Wildman–Crippen MR) is 112 cm³/mol. The molecular formula is C22H26F3N5O2. The Morgan fingerprint density at radius 1 is 1.25 bits per heavy atom. The first kappa shape index (κ1) is 22.3. The lowest BCUT2D eigenvalue weighted by molar-refractivity contribution is -0.274. The van der Waals surface area contributed by atoms with Crippen molar-refractivity contribution in [3.63, 3.8) is 0 Å². The van der Waals surface area contributed by atoms with Gasteiger partial charge in [0.25, 0.3) is 0 Å². The van der Waals surface area contributed by atoms with E-state index >= 15 is 0 Å². The predicted octanol–water partition coefficient (Wildman–Crippen LogP) is 4.58. The standard InChI is InChI=1S/C22H26F3N5O2/c1-12-19(28-17(31)8-21(2,3)4)29-18-16-7-13(16)10-30(20(18)27-12)11-14-5-6-15(9-26-14)32-22(23,24)25/h5-6,9,13,16H,7-8,10-11H2,1-4H3,(H,28,29,31)/t13-,16-/m1/s1. The molecule has 0 spiro atoms. The number of carbonyl (C=O) groups is 1. The Balaban J connectivity index is 1.52. The lowest BCUT2D eigenvalue weighted by Crippen LogP contribution is -2.32. The van der Waals surface area contributed by atoms with Gasteiger partial charge in [-0.15, -0.1) is 13.2 Å². The average molecular weight is 449 g/mol. The van der Waals surface area contributed by atoms with E-state index in [2.05, 4.69) is 19.9 Å². The average Bonchev–Trinajstić information content (AvgIpc) is 3.41. The van der Waals surface area contributed by atoms with Crippen molar-refractivity contribution >= 4 is 17.5 Å². The molecule has 1 fully saturated rings. The van der Waals surface area contributed by atoms with E-state index in [4.69, 9.17) is 9.97 Å². The molecule has 2 aliphatic rings. The molecular weight excluding hydrogens is 423 g/mol. The first-order chi connectivity index (χ1) is 14.9. The molecule has 0 saturated heterocycles. The Morgan fingerprint density at radius 3 is 2.62 bits per heavy atom. The number of nitrogens with one attached hydrogen (secondary N) is 1. The fourth-order valence-electron chi connectivity index (χ4n) is 3.97. The minimum absolute atomic E-state index is 0.0970. The summed E-state index contributed by atoms with van der Waals surface area (Å²) in [5.74, 6) is 1.55. The van der Waals surface area contributed by atoms with E-state index in [9.17, 15) is 18.0 Å². The highest BCUT2D eigenvalue weighted by atomic mass is 19.4. The first-order valence-corrected chi connectivity index (χ1v) is 10.5. The van der Waals surface area contributed by atoms with Crippen molar-refractivity contribution in [2.45, 2.75) is 59.4 Å². The number of fused-ring (bicyclic) bond motifs is 3. The number of aryl methyl sites for hydroxylation is 1. The van der Waals surface area contributed by atoms with Crippen molar-refractivity contribution < 1.29 is 22.7 Å². The molecule has 2 aromatic heterocycles. The molecule has 10 heteroatoms. The van der Waals surface area contributed by atoms with Crippen molar-refractivity contribution in [3.05, 3.63) is 35.4 Å². The third-order valence-electron chi connectivity index (χ3n) is 5.44. The van der Waals surface area contributed by atoms with Crippen LogP contribution in [0.4, 0.5) is 24.8 Å². The molecule has 0 bridgehead atoms. The third kappa shape index (κ3) is 5.28. The van der Waals surface area contributed by atoms with E-state index in [0.717, 1.165) is 30.7 Å². The second kappa shape index (κ2) is 7.90. The largest absolute Gasteiger partial charge is 0.573 e. The number of aromatic nitrogens is 3. The van der Waals surface area contributed by atoms with Gasteiger partial charge >= 0.3 is 6.36 Å². The van der Waals surface area contributed by atoms with Crippen LogP contribution >= 0.6 is 0 Å². The smallest absolute Gasteiger partial charge is 0.404 e. The van der Waals surface area contributed by atoms with Crippen LogP contribution in [-0.4, -0.2) is 33.8 Å². The van der Waals surface area contributed by atoms with Gasteiger partial charge in [0.05, 0.1) is 29.8 Å². The number of hydrogen-bond donors (Lipinski definition) is 1. The summed E-state index contributed by atoms with van der Waals surface area (Å²) in [5, 5.41) is 2.90. The van der Waals surface area contributed by atoms with Crippen LogP contribution in [0.5, 0.6) is 5.75 Å². The maximum absolute atomic E-state index is 12.4. The minimum Gasteiger partial charge on any atom is -0.404 e. The second-order valence-corrected chi connectivity index (χ2v) is 9.67. The number of rotatable bonds is 5. The normalized spacial score (nSPS) is 19.8. The summed E-state index contributed by atoms with van der Waals surface area (Å²) >= 11 is 0. The van der Waals surface area contributed by atoms with Crippen LogP contribution in [0.2, 0.25) is 0 Å². The van der Waals surface area contributed by atoms with Gasteiger partial charge in [-0.25, -0.2) is 9.97 Å². The highest BCUT2D eigenvalue weighted by Gasteiger charge is 2.47. The monoisotopic (exact) mass is 449 g/mol. The van der Waals surface area contributed by atoms with Crippen molar-refractivity contribution in [1.82, 2.24) is 15.0 Å². The lowest BCUT2D eigenvalue weighted by atomic mass is 9.92. The summed E-state index contributed by atoms with van der Waals surface area (Å²) in [7, 11) is 0. The fourth-order valence-corrected chi connectivity index (χ4v) is 3.97. The summed E-state index contributed by atoms with van der Waals surface area (Å²) in [4.78, 5) is 28.0. The summed E-state index contributed by atoms with van der Waals surface area (Å²) in [5.41, 5.74) is 1.95. The number of ether oxygens (including phenoxy) is 1. The molecule has 2 atom stereocenters. The number of anilines is 2. The molecule has 7 nitrogen and oxygen atoms in total. The SMILES string of the molecule is Cc1nc2c(nc1NC(=O)CC(C)(C)C)[C@@H]1C[C@@H]1CN2Cc1ccc(OC(F)(F)F)cn1. The topological polar surface area (TPSA) is 80.2 Å². The van der Waals surface area contributed by atoms with E-state index in [1.165, 1.54) is 12.1 Å². The molecule has 172 valence electrons. The van der Waals surface area contributed by atoms with Gasteiger partial charge in [-0.2, -0.15) is 0 Å². The number of hydrogen-bond acceptors (Lipinski definition) is 6. The highest BCUT2D eigenvalue weighted by molar-refractivity contribution is 5.90. The molecule has 2 aromatic rings. The van der Waals surface area contributed by atoms with E-state index < -0.39 is 6.36 Å². The molecule has 1 aliphatic heterocycles. The molecule has 32 heavy (non-hydrogen) atoms. The van der Waals surface area contributed by atoms with Gasteiger partial charge in [-0.3, -0.25) is 9.78 Å². The molecule has 0 unspecified atom stereocenters. The fraction of sp³-hybridized carbons (Fsp3) is 0.545. The molecule has 1 saturated carbocycles. The number of halogens is 3. The number of alkyl halides is 3. The second-order valence-electron chi connectivity index (χ2n) is 9.67. The zero-order valence-electron chi connectivity index (χ0n) is 18.5. The Morgan fingerprint density at radius 2 is 2.00 bits per heavy atom. The number of pyridine rings is 1. The van der Waals surface area contributed by atoms with Crippen LogP contribution in [0.1, 0.15) is 56.6 Å². The van der Waals surface area contributed by atoms with Crippen LogP contribution in [0.15, 0.2) is 18.3 Å². The summed E-state index contributed by atoms with van der Waals surface area (Å²) in [6.07, 6.45) is -2.30. The molecule has 4 rings (SSSR count). The van der Waals surface area contributed by atoms with Gasteiger partial charge in [0.2, 0.25) is 5.91 Å². The van der Waals surface area contributed by atoms with Gasteiger partial charge in [0.1, 0.15) is 5.75 Å². The minimum atomic E-state index is -4.75. The number of amides is 1. The molecule has 1 amide bonds. The molecule has 3 heterocycles. The Bertz CT molecular complexity index is 1020. The van der Waals surface area contributed by atoms with Gasteiger partial charge in [0.15, 0.2) is 11.6 Å². The molecule has 1 aliphatic carbocycles. The maximum atomic E-state index is 12.4. The third-order valence-corrected chi connectivity index (χ3v) is 5.44. The van der Waals surface area contributed by atoms with E-state index in [1.54, 1.807) is 6.92 Å². The first-order valence-electron chi connectivity index (χ1n) is 10.5. The van der Waals surface area contributed by atoms with Crippen molar-refractivity contribution in [3.8, 4) is 5.75 Å². The van der Waals surface area contributed by atoms with E-state index in [0.29, 0.717) is 42.0 Å². The van der Waals surface area contributed by atoms with Gasteiger partial charge in [0, 0.05) is 18.9 Å². The highest BCUT2D eigenvalue weighted by Crippen LogP contribution is 2.53. The van der Waals surface area contributed by atoms with Crippen LogP contribution < -0.4 is 15.0 Å². The van der Waals surface area contributed by atoms with Crippen LogP contribution in [0, 0.1) is 18.3 Å². The van der Waals surface area contributed by atoms with Gasteiger partial charge in [-0.1, -0.05) is 20.8 Å². The molecule has 0 radical (unpaired) electrons. The molecule has 1 N–H and O–H groups in total. The van der Waals surface area contributed by atoms with Gasteiger partial charge in [-0.05, 0) is 36.8 Å². The van der Waals surface area contributed by atoms with Crippen molar-refractivity contribution in [2.75, 3.05) is 16.8 Å². The quantitative estimate of drug-likeness (QED) is 0.720. The number of nitrogens with zero attached hydrogens (tertiary/aromatic N) is 4. The lowest BCUT2D eigenvalue weighted by Gasteiger charge is -2.29. The van der Waals surface area contributed by atoms with Crippen LogP contribution in [-0.2, 0) is 11.3 Å².